The molecule has 0 radical (unpaired) electrons. The number of hydrogen-bond donors (Lipinski definition) is 0. The lowest BCUT2D eigenvalue weighted by atomic mass is 10.1. The van der Waals surface area contributed by atoms with E-state index in [1.54, 1.807) is 17.2 Å². The lowest BCUT2D eigenvalue weighted by molar-refractivity contribution is 0.0764. The minimum absolute atomic E-state index is 0.0157. The third kappa shape index (κ3) is 4.41. The van der Waals surface area contributed by atoms with Crippen LogP contribution in [0.2, 0.25) is 4.34 Å². The maximum atomic E-state index is 13.2. The molecule has 1 aliphatic heterocycles. The normalized spacial score (nSPS) is 14.4. The molecule has 1 aliphatic rings. The van der Waals surface area contributed by atoms with Crippen LogP contribution in [0.1, 0.15) is 34.5 Å². The highest BCUT2D eigenvalue weighted by Gasteiger charge is 2.23. The summed E-state index contributed by atoms with van der Waals surface area (Å²) in [5.74, 6) is 0.781. The molecule has 0 N–H and O–H groups in total. The molecule has 3 rings (SSSR count). The molecule has 3 heterocycles. The molecule has 0 bridgehead atoms. The van der Waals surface area contributed by atoms with E-state index in [2.05, 4.69) is 16.5 Å². The molecular weight excluding hydrogens is 354 g/mol. The number of rotatable bonds is 6. The number of carbonyl (C=O) groups is 1. The number of halogens is 1. The number of aromatic nitrogens is 1. The third-order valence-corrected chi connectivity index (χ3v) is 5.50. The van der Waals surface area contributed by atoms with Crippen molar-refractivity contribution in [2.75, 3.05) is 24.5 Å². The Kier molecular flexibility index (Phi) is 6.10. The fourth-order valence-corrected chi connectivity index (χ4v) is 4.20. The van der Waals surface area contributed by atoms with Gasteiger partial charge in [0.2, 0.25) is 0 Å². The fourth-order valence-electron chi connectivity index (χ4n) is 3.09. The zero-order valence-electron chi connectivity index (χ0n) is 14.2. The topological polar surface area (TPSA) is 36.4 Å². The number of hydrogen-bond acceptors (Lipinski definition) is 4. The molecule has 1 amide bonds. The van der Waals surface area contributed by atoms with Gasteiger partial charge in [0.1, 0.15) is 5.82 Å². The first-order chi connectivity index (χ1) is 12.2. The van der Waals surface area contributed by atoms with Gasteiger partial charge in [0, 0.05) is 30.7 Å². The van der Waals surface area contributed by atoms with E-state index >= 15 is 0 Å². The largest absolute Gasteiger partial charge is 0.356 e. The molecule has 0 atom stereocenters. The molecule has 1 fully saturated rings. The Morgan fingerprint density at radius 2 is 2.12 bits per heavy atom. The van der Waals surface area contributed by atoms with E-state index in [4.69, 9.17) is 11.6 Å². The summed E-state index contributed by atoms with van der Waals surface area (Å²) >= 11 is 7.52. The van der Waals surface area contributed by atoms with Crippen molar-refractivity contribution in [3.63, 3.8) is 0 Å². The number of carbonyl (C=O) groups excluding carboxylic acids is 1. The first-order valence-electron chi connectivity index (χ1n) is 8.53. The summed E-state index contributed by atoms with van der Waals surface area (Å²) in [4.78, 5) is 22.8. The highest BCUT2D eigenvalue weighted by molar-refractivity contribution is 7.16. The van der Waals surface area contributed by atoms with E-state index < -0.39 is 0 Å². The van der Waals surface area contributed by atoms with Crippen LogP contribution < -0.4 is 4.90 Å². The standard InChI is InChI=1S/C19H22ClN3OS/c1-2-11-23(14-15-8-9-17(20)25-15)19(24)16-7-6-10-21-18(16)22-12-4-3-5-13-22/h2,6-10H,1,3-5,11-14H2. The summed E-state index contributed by atoms with van der Waals surface area (Å²) in [6, 6.07) is 7.53. The number of amides is 1. The van der Waals surface area contributed by atoms with Crippen molar-refractivity contribution in [3.05, 3.63) is 57.9 Å². The number of nitrogens with zero attached hydrogens (tertiary/aromatic N) is 3. The Morgan fingerprint density at radius 3 is 2.80 bits per heavy atom. The molecular formula is C19H22ClN3OS. The predicted octanol–water partition coefficient (Wildman–Crippen LogP) is 4.62. The second kappa shape index (κ2) is 8.50. The number of thiophene rings is 1. The molecule has 132 valence electrons. The zero-order valence-corrected chi connectivity index (χ0v) is 15.7. The van der Waals surface area contributed by atoms with E-state index in [1.807, 2.05) is 24.3 Å². The monoisotopic (exact) mass is 375 g/mol. The van der Waals surface area contributed by atoms with Gasteiger partial charge < -0.3 is 9.80 Å². The van der Waals surface area contributed by atoms with E-state index in [9.17, 15) is 4.79 Å². The molecule has 0 saturated carbocycles. The molecule has 2 aromatic heterocycles. The predicted molar refractivity (Wildman–Crippen MR) is 105 cm³/mol. The summed E-state index contributed by atoms with van der Waals surface area (Å²) in [7, 11) is 0. The third-order valence-electron chi connectivity index (χ3n) is 4.28. The molecule has 25 heavy (non-hydrogen) atoms. The van der Waals surface area contributed by atoms with Gasteiger partial charge in [0.25, 0.3) is 5.91 Å². The van der Waals surface area contributed by atoms with Crippen LogP contribution in [-0.2, 0) is 6.54 Å². The Balaban J connectivity index is 1.85. The number of anilines is 1. The minimum Gasteiger partial charge on any atom is -0.356 e. The summed E-state index contributed by atoms with van der Waals surface area (Å²) in [6.45, 7) is 6.72. The Bertz CT molecular complexity index is 740. The second-order valence-corrected chi connectivity index (χ2v) is 7.90. The van der Waals surface area contributed by atoms with Gasteiger partial charge >= 0.3 is 0 Å². The lowest BCUT2D eigenvalue weighted by Gasteiger charge is -2.30. The minimum atomic E-state index is -0.0157. The maximum Gasteiger partial charge on any atom is 0.258 e. The maximum absolute atomic E-state index is 13.2. The molecule has 0 aromatic carbocycles. The van der Waals surface area contributed by atoms with Crippen LogP contribution in [-0.4, -0.2) is 35.4 Å². The van der Waals surface area contributed by atoms with Gasteiger partial charge in [-0.1, -0.05) is 17.7 Å². The number of pyridine rings is 1. The summed E-state index contributed by atoms with van der Waals surface area (Å²) in [5, 5.41) is 0. The van der Waals surface area contributed by atoms with Gasteiger partial charge in [-0.3, -0.25) is 4.79 Å². The van der Waals surface area contributed by atoms with Gasteiger partial charge in [-0.05, 0) is 43.5 Å². The van der Waals surface area contributed by atoms with Crippen LogP contribution in [0.4, 0.5) is 5.82 Å². The molecule has 4 nitrogen and oxygen atoms in total. The van der Waals surface area contributed by atoms with Crippen molar-refractivity contribution in [3.8, 4) is 0 Å². The fraction of sp³-hybridized carbons (Fsp3) is 0.368. The molecule has 0 aliphatic carbocycles. The first kappa shape index (κ1) is 18.0. The van der Waals surface area contributed by atoms with Crippen LogP contribution >= 0.6 is 22.9 Å². The highest BCUT2D eigenvalue weighted by atomic mass is 35.5. The van der Waals surface area contributed by atoms with Crippen LogP contribution in [0.15, 0.2) is 43.1 Å². The van der Waals surface area contributed by atoms with Gasteiger partial charge in [-0.25, -0.2) is 4.98 Å². The number of piperidine rings is 1. The Morgan fingerprint density at radius 1 is 1.32 bits per heavy atom. The molecule has 0 unspecified atom stereocenters. The average molecular weight is 376 g/mol. The quantitative estimate of drug-likeness (QED) is 0.691. The van der Waals surface area contributed by atoms with Gasteiger partial charge in [0.05, 0.1) is 16.4 Å². The summed E-state index contributed by atoms with van der Waals surface area (Å²) in [6.07, 6.45) is 7.05. The van der Waals surface area contributed by atoms with Crippen LogP contribution in [0, 0.1) is 0 Å². The average Bonchev–Trinajstić information content (AvgIpc) is 3.06. The molecule has 2 aromatic rings. The Labute approximate surface area is 157 Å². The smallest absolute Gasteiger partial charge is 0.258 e. The second-order valence-electron chi connectivity index (χ2n) is 6.10. The molecule has 1 saturated heterocycles. The van der Waals surface area contributed by atoms with Crippen molar-refractivity contribution < 1.29 is 4.79 Å². The summed E-state index contributed by atoms with van der Waals surface area (Å²) in [5.41, 5.74) is 0.661. The van der Waals surface area contributed by atoms with Crippen LogP contribution in [0.25, 0.3) is 0 Å². The van der Waals surface area contributed by atoms with Crippen molar-refractivity contribution in [1.29, 1.82) is 0 Å². The SMILES string of the molecule is C=CCN(Cc1ccc(Cl)s1)C(=O)c1cccnc1N1CCCCC1. The highest BCUT2D eigenvalue weighted by Crippen LogP contribution is 2.26. The lowest BCUT2D eigenvalue weighted by Crippen LogP contribution is -2.35. The van der Waals surface area contributed by atoms with E-state index in [0.717, 1.165) is 41.0 Å². The van der Waals surface area contributed by atoms with E-state index in [0.29, 0.717) is 18.7 Å². The zero-order chi connectivity index (χ0) is 17.6. The Hall–Kier alpha value is -1.85. The van der Waals surface area contributed by atoms with Crippen molar-refractivity contribution in [1.82, 2.24) is 9.88 Å². The van der Waals surface area contributed by atoms with Crippen molar-refractivity contribution in [2.24, 2.45) is 0 Å². The van der Waals surface area contributed by atoms with Gasteiger partial charge in [-0.2, -0.15) is 0 Å². The van der Waals surface area contributed by atoms with Gasteiger partial charge in [-0.15, -0.1) is 17.9 Å². The van der Waals surface area contributed by atoms with Crippen molar-refractivity contribution in [2.45, 2.75) is 25.8 Å². The van der Waals surface area contributed by atoms with Crippen molar-refractivity contribution >= 4 is 34.7 Å². The summed E-state index contributed by atoms with van der Waals surface area (Å²) < 4.78 is 0.733. The first-order valence-corrected chi connectivity index (χ1v) is 9.73. The van der Waals surface area contributed by atoms with E-state index in [-0.39, 0.29) is 5.91 Å². The molecule has 6 heteroatoms. The molecule has 0 spiro atoms. The van der Waals surface area contributed by atoms with Crippen LogP contribution in [0.5, 0.6) is 0 Å². The van der Waals surface area contributed by atoms with Gasteiger partial charge in [0.15, 0.2) is 0 Å². The van der Waals surface area contributed by atoms with E-state index in [1.165, 1.54) is 17.8 Å². The van der Waals surface area contributed by atoms with Crippen LogP contribution in [0.3, 0.4) is 0 Å².